The Kier molecular flexibility index (Phi) is 6.40. The Hall–Kier alpha value is -3.46. The van der Waals surface area contributed by atoms with E-state index in [1.165, 1.54) is 18.2 Å². The third kappa shape index (κ3) is 4.88. The van der Waals surface area contributed by atoms with Crippen molar-refractivity contribution in [1.29, 1.82) is 0 Å². The molecule has 1 saturated heterocycles. The van der Waals surface area contributed by atoms with Gasteiger partial charge in [-0.25, -0.2) is 4.79 Å². The minimum Gasteiger partial charge on any atom is -0.478 e. The Morgan fingerprint density at radius 1 is 1.17 bits per heavy atom. The van der Waals surface area contributed by atoms with Gasteiger partial charge in [0.2, 0.25) is 0 Å². The first-order chi connectivity index (χ1) is 14.0. The van der Waals surface area contributed by atoms with E-state index >= 15 is 0 Å². The fourth-order valence-electron chi connectivity index (χ4n) is 3.26. The maximum atomic E-state index is 12.8. The molecule has 2 aromatic rings. The Morgan fingerprint density at radius 3 is 2.59 bits per heavy atom. The van der Waals surface area contributed by atoms with Crippen LogP contribution in [-0.4, -0.2) is 54.8 Å². The van der Waals surface area contributed by atoms with Crippen molar-refractivity contribution < 1.29 is 24.4 Å². The van der Waals surface area contributed by atoms with Gasteiger partial charge in [-0.2, -0.15) is 0 Å². The predicted octanol–water partition coefficient (Wildman–Crippen LogP) is 2.10. The van der Waals surface area contributed by atoms with E-state index in [4.69, 9.17) is 9.84 Å². The van der Waals surface area contributed by atoms with Crippen molar-refractivity contribution in [2.45, 2.75) is 6.42 Å². The summed E-state index contributed by atoms with van der Waals surface area (Å²) in [7, 11) is 0. The molecule has 1 aliphatic rings. The third-order valence-corrected chi connectivity index (χ3v) is 4.66. The first-order valence-corrected chi connectivity index (χ1v) is 9.18. The van der Waals surface area contributed by atoms with Gasteiger partial charge < -0.3 is 20.1 Å². The van der Waals surface area contributed by atoms with Gasteiger partial charge in [0.25, 0.3) is 11.6 Å². The van der Waals surface area contributed by atoms with Crippen molar-refractivity contribution in [1.82, 2.24) is 5.32 Å². The number of rotatable bonds is 7. The number of ether oxygens (including phenoxy) is 1. The van der Waals surface area contributed by atoms with Crippen LogP contribution in [0.2, 0.25) is 0 Å². The van der Waals surface area contributed by atoms with Crippen LogP contribution >= 0.6 is 0 Å². The average Bonchev–Trinajstić information content (AvgIpc) is 2.74. The molecule has 0 radical (unpaired) electrons. The zero-order chi connectivity index (χ0) is 20.8. The fourth-order valence-corrected chi connectivity index (χ4v) is 3.26. The van der Waals surface area contributed by atoms with Crippen LogP contribution in [0.25, 0.3) is 0 Å². The van der Waals surface area contributed by atoms with E-state index in [0.29, 0.717) is 38.4 Å². The van der Waals surface area contributed by atoms with Crippen molar-refractivity contribution in [3.05, 3.63) is 69.3 Å². The van der Waals surface area contributed by atoms with E-state index in [2.05, 4.69) is 5.32 Å². The number of hydrogen-bond acceptors (Lipinski definition) is 6. The minimum absolute atomic E-state index is 0.117. The van der Waals surface area contributed by atoms with Crippen molar-refractivity contribution in [2.24, 2.45) is 0 Å². The number of morpholine rings is 1. The highest BCUT2D eigenvalue weighted by Crippen LogP contribution is 2.32. The molecule has 1 amide bonds. The molecule has 3 rings (SSSR count). The molecule has 0 bridgehead atoms. The van der Waals surface area contributed by atoms with E-state index in [1.54, 1.807) is 29.2 Å². The van der Waals surface area contributed by atoms with Gasteiger partial charge in [0, 0.05) is 25.7 Å². The molecule has 1 fully saturated rings. The summed E-state index contributed by atoms with van der Waals surface area (Å²) in [6.07, 6.45) is 0.439. The highest BCUT2D eigenvalue weighted by Gasteiger charge is 2.27. The first-order valence-electron chi connectivity index (χ1n) is 9.18. The summed E-state index contributed by atoms with van der Waals surface area (Å²) >= 11 is 0. The van der Waals surface area contributed by atoms with Crippen molar-refractivity contribution in [3.8, 4) is 0 Å². The summed E-state index contributed by atoms with van der Waals surface area (Å²) in [4.78, 5) is 36.6. The Balaban J connectivity index is 1.75. The van der Waals surface area contributed by atoms with Crippen LogP contribution in [-0.2, 0) is 11.2 Å². The van der Waals surface area contributed by atoms with Crippen LogP contribution in [0.1, 0.15) is 26.3 Å². The van der Waals surface area contributed by atoms with Crippen LogP contribution < -0.4 is 10.2 Å². The number of carboxylic acid groups (broad SMARTS) is 1. The molecule has 152 valence electrons. The number of para-hydroxylation sites is 1. The topological polar surface area (TPSA) is 122 Å². The molecule has 0 aliphatic carbocycles. The number of hydrogen-bond donors (Lipinski definition) is 2. The van der Waals surface area contributed by atoms with Gasteiger partial charge in [0.15, 0.2) is 0 Å². The number of nitrogens with zero attached hydrogens (tertiary/aromatic N) is 2. The summed E-state index contributed by atoms with van der Waals surface area (Å²) in [6.45, 7) is 2.08. The molecule has 2 aromatic carbocycles. The largest absolute Gasteiger partial charge is 0.478 e. The van der Waals surface area contributed by atoms with E-state index in [-0.39, 0.29) is 23.4 Å². The van der Waals surface area contributed by atoms with Crippen LogP contribution in [0.4, 0.5) is 11.4 Å². The lowest BCUT2D eigenvalue weighted by molar-refractivity contribution is -0.384. The maximum Gasteiger partial charge on any atom is 0.335 e. The molecule has 0 atom stereocenters. The summed E-state index contributed by atoms with van der Waals surface area (Å²) in [5, 5.41) is 23.3. The van der Waals surface area contributed by atoms with Gasteiger partial charge in [-0.05, 0) is 30.2 Å². The standard InChI is InChI=1S/C20H21N3O6/c24-19(21-8-7-14-3-1-4-15(13-14)20(25)26)16-5-2-6-17(23(27)28)18(16)22-9-11-29-12-10-22/h1-6,13H,7-12H2,(H,21,24)(H,25,26). The molecular weight excluding hydrogens is 378 g/mol. The monoisotopic (exact) mass is 399 g/mol. The molecule has 0 saturated carbocycles. The Bertz CT molecular complexity index is 924. The molecule has 9 heteroatoms. The van der Waals surface area contributed by atoms with Crippen LogP contribution in [0.5, 0.6) is 0 Å². The van der Waals surface area contributed by atoms with Gasteiger partial charge in [-0.15, -0.1) is 0 Å². The lowest BCUT2D eigenvalue weighted by atomic mass is 10.1. The molecule has 0 aromatic heterocycles. The van der Waals surface area contributed by atoms with Crippen molar-refractivity contribution >= 4 is 23.3 Å². The predicted molar refractivity (Wildman–Crippen MR) is 106 cm³/mol. The van der Waals surface area contributed by atoms with E-state index in [0.717, 1.165) is 5.56 Å². The number of nitro groups is 1. The molecule has 29 heavy (non-hydrogen) atoms. The number of aromatic carboxylic acids is 1. The highest BCUT2D eigenvalue weighted by atomic mass is 16.6. The zero-order valence-corrected chi connectivity index (χ0v) is 15.7. The van der Waals surface area contributed by atoms with E-state index < -0.39 is 16.8 Å². The summed E-state index contributed by atoms with van der Waals surface area (Å²) in [6, 6.07) is 10.9. The Morgan fingerprint density at radius 2 is 1.90 bits per heavy atom. The van der Waals surface area contributed by atoms with Crippen molar-refractivity contribution in [3.63, 3.8) is 0 Å². The number of carboxylic acids is 1. The smallest absolute Gasteiger partial charge is 0.335 e. The molecule has 1 aliphatic heterocycles. The van der Waals surface area contributed by atoms with Gasteiger partial charge in [0.05, 0.1) is 29.3 Å². The number of carbonyl (C=O) groups excluding carboxylic acids is 1. The second-order valence-electron chi connectivity index (χ2n) is 6.54. The molecule has 1 heterocycles. The van der Waals surface area contributed by atoms with Gasteiger partial charge in [-0.3, -0.25) is 14.9 Å². The summed E-state index contributed by atoms with van der Waals surface area (Å²) in [5.74, 6) is -1.42. The number of carbonyl (C=O) groups is 2. The maximum absolute atomic E-state index is 12.8. The molecule has 0 spiro atoms. The lowest BCUT2D eigenvalue weighted by Gasteiger charge is -2.29. The summed E-state index contributed by atoms with van der Waals surface area (Å²) in [5.41, 5.74) is 1.38. The lowest BCUT2D eigenvalue weighted by Crippen LogP contribution is -2.38. The number of benzene rings is 2. The van der Waals surface area contributed by atoms with Crippen LogP contribution in [0.3, 0.4) is 0 Å². The average molecular weight is 399 g/mol. The first kappa shape index (κ1) is 20.3. The molecule has 9 nitrogen and oxygen atoms in total. The second-order valence-corrected chi connectivity index (χ2v) is 6.54. The molecule has 0 unspecified atom stereocenters. The fraction of sp³-hybridized carbons (Fsp3) is 0.300. The zero-order valence-electron chi connectivity index (χ0n) is 15.7. The minimum atomic E-state index is -1.01. The van der Waals surface area contributed by atoms with Crippen LogP contribution in [0.15, 0.2) is 42.5 Å². The normalized spacial score (nSPS) is 13.7. The SMILES string of the molecule is O=C(O)c1cccc(CCNC(=O)c2cccc([N+](=O)[O-])c2N2CCOCC2)c1. The number of anilines is 1. The quantitative estimate of drug-likeness (QED) is 0.540. The van der Waals surface area contributed by atoms with Gasteiger partial charge >= 0.3 is 5.97 Å². The number of nitrogens with one attached hydrogen (secondary N) is 1. The molecule has 2 N–H and O–H groups in total. The van der Waals surface area contributed by atoms with Gasteiger partial charge in [0.1, 0.15) is 5.69 Å². The van der Waals surface area contributed by atoms with E-state index in [9.17, 15) is 19.7 Å². The highest BCUT2D eigenvalue weighted by molar-refractivity contribution is 6.02. The molecular formula is C20H21N3O6. The van der Waals surface area contributed by atoms with Gasteiger partial charge in [-0.1, -0.05) is 18.2 Å². The van der Waals surface area contributed by atoms with Crippen LogP contribution in [0, 0.1) is 10.1 Å². The van der Waals surface area contributed by atoms with E-state index in [1.807, 2.05) is 0 Å². The number of nitro benzene ring substituents is 1. The third-order valence-electron chi connectivity index (χ3n) is 4.66. The number of amides is 1. The summed E-state index contributed by atoms with van der Waals surface area (Å²) < 4.78 is 5.31. The second kappa shape index (κ2) is 9.16. The van der Waals surface area contributed by atoms with Crippen molar-refractivity contribution in [2.75, 3.05) is 37.7 Å². The Labute approximate surface area is 167 Å².